The maximum atomic E-state index is 4.65. The van der Waals surface area contributed by atoms with Crippen LogP contribution in [-0.4, -0.2) is 11.5 Å². The Morgan fingerprint density at radius 2 is 2.24 bits per heavy atom. The molecule has 0 spiro atoms. The van der Waals surface area contributed by atoms with Gasteiger partial charge in [0.2, 0.25) is 0 Å². The molecule has 0 atom stereocenters. The fourth-order valence-electron chi connectivity index (χ4n) is 1.61. The van der Waals surface area contributed by atoms with Crippen molar-refractivity contribution in [1.82, 2.24) is 4.98 Å². The van der Waals surface area contributed by atoms with Crippen LogP contribution < -0.4 is 5.32 Å². The van der Waals surface area contributed by atoms with Gasteiger partial charge >= 0.3 is 0 Å². The van der Waals surface area contributed by atoms with Crippen LogP contribution in [-0.2, 0) is 0 Å². The smallest absolute Gasteiger partial charge is 0.183 e. The van der Waals surface area contributed by atoms with Gasteiger partial charge in [0.25, 0.3) is 0 Å². The molecule has 0 radical (unpaired) electrons. The van der Waals surface area contributed by atoms with Gasteiger partial charge < -0.3 is 5.32 Å². The summed E-state index contributed by atoms with van der Waals surface area (Å²) in [7, 11) is 0. The second-order valence-electron chi connectivity index (χ2n) is 3.86. The normalized spacial score (nSPS) is 10.5. The predicted octanol–water partition coefficient (Wildman–Crippen LogP) is 4.70. The molecular weight excluding hydrogens is 296 g/mol. The molecule has 0 aliphatic rings. The van der Waals surface area contributed by atoms with E-state index in [-0.39, 0.29) is 0 Å². The molecule has 4 heteroatoms. The molecule has 0 aliphatic heterocycles. The number of benzene rings is 1. The maximum Gasteiger partial charge on any atom is 0.183 e. The molecule has 1 heterocycles. The Morgan fingerprint density at radius 3 is 2.94 bits per heavy atom. The summed E-state index contributed by atoms with van der Waals surface area (Å²) in [5.41, 5.74) is 2.24. The Bertz CT molecular complexity index is 508. The lowest BCUT2D eigenvalue weighted by Gasteiger charge is -1.99. The van der Waals surface area contributed by atoms with Gasteiger partial charge in [-0.1, -0.05) is 35.0 Å². The highest BCUT2D eigenvalue weighted by Crippen LogP contribution is 2.31. The van der Waals surface area contributed by atoms with Crippen LogP contribution in [0.4, 0.5) is 5.13 Å². The average molecular weight is 311 g/mol. The van der Waals surface area contributed by atoms with E-state index in [4.69, 9.17) is 0 Å². The fourth-order valence-corrected chi connectivity index (χ4v) is 2.87. The van der Waals surface area contributed by atoms with Crippen molar-refractivity contribution in [3.8, 4) is 11.3 Å². The van der Waals surface area contributed by atoms with E-state index in [0.29, 0.717) is 0 Å². The summed E-state index contributed by atoms with van der Waals surface area (Å²) in [6.07, 6.45) is 1.12. The van der Waals surface area contributed by atoms with E-state index in [1.54, 1.807) is 11.3 Å². The molecule has 0 bridgehead atoms. The second kappa shape index (κ2) is 5.65. The monoisotopic (exact) mass is 310 g/mol. The van der Waals surface area contributed by atoms with Crippen molar-refractivity contribution in [3.05, 3.63) is 33.6 Å². The largest absolute Gasteiger partial charge is 0.362 e. The molecule has 0 saturated heterocycles. The van der Waals surface area contributed by atoms with Crippen LogP contribution in [0.1, 0.15) is 18.2 Å². The molecular formula is C13H15BrN2S. The first kappa shape index (κ1) is 12.6. The molecule has 17 heavy (non-hydrogen) atoms. The van der Waals surface area contributed by atoms with Gasteiger partial charge in [-0.15, -0.1) is 11.3 Å². The van der Waals surface area contributed by atoms with Crippen LogP contribution in [0.2, 0.25) is 0 Å². The van der Waals surface area contributed by atoms with Gasteiger partial charge in [0.15, 0.2) is 5.13 Å². The van der Waals surface area contributed by atoms with Gasteiger partial charge in [0.1, 0.15) is 0 Å². The van der Waals surface area contributed by atoms with Gasteiger partial charge in [-0.2, -0.15) is 0 Å². The van der Waals surface area contributed by atoms with Crippen LogP contribution >= 0.6 is 27.3 Å². The highest BCUT2D eigenvalue weighted by atomic mass is 79.9. The number of hydrogen-bond acceptors (Lipinski definition) is 3. The molecule has 0 fully saturated rings. The number of hydrogen-bond donors (Lipinski definition) is 1. The third-order valence-corrected chi connectivity index (χ3v) is 3.84. The van der Waals surface area contributed by atoms with Gasteiger partial charge in [-0.05, 0) is 25.5 Å². The van der Waals surface area contributed by atoms with Crippen molar-refractivity contribution < 1.29 is 0 Å². The van der Waals surface area contributed by atoms with Crippen LogP contribution in [0.5, 0.6) is 0 Å². The van der Waals surface area contributed by atoms with E-state index in [0.717, 1.165) is 33.8 Å². The number of thiazole rings is 1. The number of nitrogens with zero attached hydrogens (tertiary/aromatic N) is 1. The first-order valence-corrected chi connectivity index (χ1v) is 7.29. The maximum absolute atomic E-state index is 4.65. The summed E-state index contributed by atoms with van der Waals surface area (Å²) in [5.74, 6) is 0. The van der Waals surface area contributed by atoms with Crippen molar-refractivity contribution in [1.29, 1.82) is 0 Å². The van der Waals surface area contributed by atoms with E-state index >= 15 is 0 Å². The highest BCUT2D eigenvalue weighted by molar-refractivity contribution is 9.10. The van der Waals surface area contributed by atoms with Gasteiger partial charge in [0.05, 0.1) is 5.69 Å². The van der Waals surface area contributed by atoms with Crippen molar-refractivity contribution in [2.24, 2.45) is 0 Å². The minimum Gasteiger partial charge on any atom is -0.362 e. The van der Waals surface area contributed by atoms with Crippen molar-refractivity contribution in [2.45, 2.75) is 20.3 Å². The standard InChI is InChI=1S/C13H15BrN2S/c1-3-7-15-13-16-12(9(2)17-13)10-5-4-6-11(14)8-10/h4-6,8H,3,7H2,1-2H3,(H,15,16). The van der Waals surface area contributed by atoms with Crippen LogP contribution in [0.15, 0.2) is 28.7 Å². The lowest BCUT2D eigenvalue weighted by Crippen LogP contribution is -1.98. The van der Waals surface area contributed by atoms with Crippen LogP contribution in [0.25, 0.3) is 11.3 Å². The molecule has 0 saturated carbocycles. The first-order chi connectivity index (χ1) is 8.20. The lowest BCUT2D eigenvalue weighted by atomic mass is 10.1. The van der Waals surface area contributed by atoms with E-state index in [1.807, 2.05) is 12.1 Å². The topological polar surface area (TPSA) is 24.9 Å². The van der Waals surface area contributed by atoms with Crippen molar-refractivity contribution in [2.75, 3.05) is 11.9 Å². The molecule has 0 amide bonds. The Morgan fingerprint density at radius 1 is 1.41 bits per heavy atom. The number of aromatic nitrogens is 1. The van der Waals surface area contributed by atoms with E-state index < -0.39 is 0 Å². The molecule has 1 N–H and O–H groups in total. The summed E-state index contributed by atoms with van der Waals surface area (Å²) < 4.78 is 1.09. The number of halogens is 1. The van der Waals surface area contributed by atoms with Gasteiger partial charge in [-0.25, -0.2) is 4.98 Å². The second-order valence-corrected chi connectivity index (χ2v) is 5.98. The predicted molar refractivity (Wildman–Crippen MR) is 78.8 cm³/mol. The van der Waals surface area contributed by atoms with Gasteiger partial charge in [0, 0.05) is 21.5 Å². The molecule has 0 unspecified atom stereocenters. The van der Waals surface area contributed by atoms with Crippen LogP contribution in [0, 0.1) is 6.92 Å². The van der Waals surface area contributed by atoms with Gasteiger partial charge in [-0.3, -0.25) is 0 Å². The minimum absolute atomic E-state index is 0.977. The summed E-state index contributed by atoms with van der Waals surface area (Å²) >= 11 is 5.21. The zero-order chi connectivity index (χ0) is 12.3. The summed E-state index contributed by atoms with van der Waals surface area (Å²) in [6.45, 7) is 5.25. The highest BCUT2D eigenvalue weighted by Gasteiger charge is 2.09. The number of anilines is 1. The Labute approximate surface area is 114 Å². The Kier molecular flexibility index (Phi) is 4.18. The summed E-state index contributed by atoms with van der Waals surface area (Å²) in [5, 5.41) is 4.35. The quantitative estimate of drug-likeness (QED) is 0.885. The molecule has 1 aromatic carbocycles. The molecule has 2 rings (SSSR count). The van der Waals surface area contributed by atoms with E-state index in [9.17, 15) is 0 Å². The van der Waals surface area contributed by atoms with E-state index in [1.165, 1.54) is 4.88 Å². The average Bonchev–Trinajstić information content (AvgIpc) is 2.68. The summed E-state index contributed by atoms with van der Waals surface area (Å²) in [4.78, 5) is 5.90. The molecule has 2 aromatic rings. The lowest BCUT2D eigenvalue weighted by molar-refractivity contribution is 0.976. The number of aryl methyl sites for hydroxylation is 1. The molecule has 1 aromatic heterocycles. The minimum atomic E-state index is 0.977. The zero-order valence-electron chi connectivity index (χ0n) is 9.96. The molecule has 0 aliphatic carbocycles. The van der Waals surface area contributed by atoms with Crippen LogP contribution in [0.3, 0.4) is 0 Å². The Balaban J connectivity index is 2.29. The molecule has 90 valence electrons. The fraction of sp³-hybridized carbons (Fsp3) is 0.308. The molecule has 2 nitrogen and oxygen atoms in total. The van der Waals surface area contributed by atoms with E-state index in [2.05, 4.69) is 52.2 Å². The third kappa shape index (κ3) is 3.07. The Hall–Kier alpha value is -0.870. The van der Waals surface area contributed by atoms with Crippen molar-refractivity contribution >= 4 is 32.4 Å². The van der Waals surface area contributed by atoms with Crippen molar-refractivity contribution in [3.63, 3.8) is 0 Å². The third-order valence-electron chi connectivity index (χ3n) is 2.42. The number of nitrogens with one attached hydrogen (secondary N) is 1. The zero-order valence-corrected chi connectivity index (χ0v) is 12.4. The summed E-state index contributed by atoms with van der Waals surface area (Å²) in [6, 6.07) is 8.26. The number of rotatable bonds is 4. The SMILES string of the molecule is CCCNc1nc(-c2cccc(Br)c2)c(C)s1. The first-order valence-electron chi connectivity index (χ1n) is 5.68.